The molecule has 4 nitrogen and oxygen atoms in total. The number of halogens is 1. The highest BCUT2D eigenvalue weighted by Crippen LogP contribution is 2.13. The van der Waals surface area contributed by atoms with E-state index in [-0.39, 0.29) is 11.4 Å². The summed E-state index contributed by atoms with van der Waals surface area (Å²) >= 11 is 5.73. The summed E-state index contributed by atoms with van der Waals surface area (Å²) in [5.74, 6) is 0. The van der Waals surface area contributed by atoms with Gasteiger partial charge in [-0.2, -0.15) is 0 Å². The number of benzene rings is 2. The van der Waals surface area contributed by atoms with Gasteiger partial charge in [-0.25, -0.2) is 13.1 Å². The van der Waals surface area contributed by atoms with Crippen LogP contribution < -0.4 is 4.72 Å². The van der Waals surface area contributed by atoms with E-state index in [1.807, 2.05) is 0 Å². The van der Waals surface area contributed by atoms with Gasteiger partial charge in [-0.1, -0.05) is 35.9 Å². The van der Waals surface area contributed by atoms with Crippen LogP contribution in [0.5, 0.6) is 0 Å². The van der Waals surface area contributed by atoms with Crippen LogP contribution in [0.25, 0.3) is 0 Å². The second kappa shape index (κ2) is 6.85. The molecule has 0 spiro atoms. The highest BCUT2D eigenvalue weighted by Gasteiger charge is 2.12. The minimum atomic E-state index is -3.52. The van der Waals surface area contributed by atoms with Crippen LogP contribution in [-0.2, 0) is 16.4 Å². The highest BCUT2D eigenvalue weighted by atomic mass is 35.5. The zero-order valence-electron chi connectivity index (χ0n) is 11.1. The minimum absolute atomic E-state index is 0.184. The molecule has 0 unspecified atom stereocenters. The summed E-state index contributed by atoms with van der Waals surface area (Å²) in [7, 11) is -3.52. The molecular formula is C15H14ClNO3S. The second-order valence-electron chi connectivity index (χ2n) is 4.46. The van der Waals surface area contributed by atoms with E-state index in [1.54, 1.807) is 24.3 Å². The van der Waals surface area contributed by atoms with Crippen LogP contribution in [-0.4, -0.2) is 21.2 Å². The SMILES string of the molecule is O=Cc1ccc(CCNS(=O)(=O)c2ccc(Cl)cc2)cc1. The Bertz CT molecular complexity index is 710. The van der Waals surface area contributed by atoms with E-state index in [0.717, 1.165) is 11.8 Å². The lowest BCUT2D eigenvalue weighted by Crippen LogP contribution is -2.25. The first kappa shape index (κ1) is 15.7. The van der Waals surface area contributed by atoms with Crippen molar-refractivity contribution in [3.63, 3.8) is 0 Å². The number of rotatable bonds is 6. The lowest BCUT2D eigenvalue weighted by Gasteiger charge is -2.07. The van der Waals surface area contributed by atoms with Crippen molar-refractivity contribution in [1.82, 2.24) is 4.72 Å². The standard InChI is InChI=1S/C15H14ClNO3S/c16-14-5-7-15(8-6-14)21(19,20)17-10-9-12-1-3-13(11-18)4-2-12/h1-8,11,17H,9-10H2. The van der Waals surface area contributed by atoms with Crippen molar-refractivity contribution in [1.29, 1.82) is 0 Å². The van der Waals surface area contributed by atoms with Crippen LogP contribution >= 0.6 is 11.6 Å². The molecule has 2 rings (SSSR count). The fourth-order valence-electron chi connectivity index (χ4n) is 1.79. The number of hydrogen-bond donors (Lipinski definition) is 1. The Kier molecular flexibility index (Phi) is 5.12. The number of carbonyl (C=O) groups excluding carboxylic acids is 1. The lowest BCUT2D eigenvalue weighted by molar-refractivity contribution is 0.112. The maximum absolute atomic E-state index is 12.0. The van der Waals surface area contributed by atoms with Crippen LogP contribution in [0.1, 0.15) is 15.9 Å². The Morgan fingerprint density at radius 3 is 2.19 bits per heavy atom. The van der Waals surface area contributed by atoms with Gasteiger partial charge in [-0.15, -0.1) is 0 Å². The van der Waals surface area contributed by atoms with Crippen molar-refractivity contribution in [2.75, 3.05) is 6.54 Å². The van der Waals surface area contributed by atoms with Gasteiger partial charge in [0.15, 0.2) is 0 Å². The third kappa shape index (κ3) is 4.39. The van der Waals surface area contributed by atoms with E-state index in [4.69, 9.17) is 11.6 Å². The topological polar surface area (TPSA) is 63.2 Å². The first-order valence-corrected chi connectivity index (χ1v) is 8.17. The molecular weight excluding hydrogens is 310 g/mol. The van der Waals surface area contributed by atoms with Crippen LogP contribution in [0.4, 0.5) is 0 Å². The third-order valence-corrected chi connectivity index (χ3v) is 4.67. The number of carbonyl (C=O) groups is 1. The molecule has 1 N–H and O–H groups in total. The zero-order chi connectivity index (χ0) is 15.3. The van der Waals surface area contributed by atoms with E-state index in [1.165, 1.54) is 24.3 Å². The highest BCUT2D eigenvalue weighted by molar-refractivity contribution is 7.89. The van der Waals surface area contributed by atoms with Crippen molar-refractivity contribution in [3.05, 3.63) is 64.7 Å². The van der Waals surface area contributed by atoms with Crippen molar-refractivity contribution < 1.29 is 13.2 Å². The summed E-state index contributed by atoms with van der Waals surface area (Å²) in [6.07, 6.45) is 1.32. The zero-order valence-corrected chi connectivity index (χ0v) is 12.7. The molecule has 0 aliphatic heterocycles. The van der Waals surface area contributed by atoms with Gasteiger partial charge in [0.25, 0.3) is 0 Å². The molecule has 0 saturated carbocycles. The predicted molar refractivity (Wildman–Crippen MR) is 82.2 cm³/mol. The summed E-state index contributed by atoms with van der Waals surface area (Å²) in [6.45, 7) is 0.283. The normalized spacial score (nSPS) is 11.3. The molecule has 0 aromatic heterocycles. The third-order valence-electron chi connectivity index (χ3n) is 2.95. The molecule has 21 heavy (non-hydrogen) atoms. The molecule has 0 atom stereocenters. The number of nitrogens with one attached hydrogen (secondary N) is 1. The second-order valence-corrected chi connectivity index (χ2v) is 6.66. The average molecular weight is 324 g/mol. The minimum Gasteiger partial charge on any atom is -0.298 e. The summed E-state index contributed by atoms with van der Waals surface area (Å²) in [5, 5.41) is 0.490. The van der Waals surface area contributed by atoms with Crippen molar-refractivity contribution in [2.24, 2.45) is 0 Å². The van der Waals surface area contributed by atoms with E-state index >= 15 is 0 Å². The monoisotopic (exact) mass is 323 g/mol. The Morgan fingerprint density at radius 2 is 1.62 bits per heavy atom. The number of sulfonamides is 1. The van der Waals surface area contributed by atoms with Crippen LogP contribution in [0.3, 0.4) is 0 Å². The summed E-state index contributed by atoms with van der Waals surface area (Å²) < 4.78 is 26.6. The molecule has 2 aromatic rings. The molecule has 0 radical (unpaired) electrons. The van der Waals surface area contributed by atoms with Gasteiger partial charge in [0.05, 0.1) is 4.90 Å². The molecule has 2 aromatic carbocycles. The fourth-order valence-corrected chi connectivity index (χ4v) is 2.95. The van der Waals surface area contributed by atoms with Crippen LogP contribution in [0.15, 0.2) is 53.4 Å². The van der Waals surface area contributed by atoms with Gasteiger partial charge in [-0.05, 0) is 36.2 Å². The van der Waals surface area contributed by atoms with Crippen molar-refractivity contribution in [2.45, 2.75) is 11.3 Å². The van der Waals surface area contributed by atoms with Crippen LogP contribution in [0, 0.1) is 0 Å². The van der Waals surface area contributed by atoms with E-state index < -0.39 is 10.0 Å². The Labute approximate surface area is 128 Å². The van der Waals surface area contributed by atoms with Gasteiger partial charge in [0.1, 0.15) is 6.29 Å². The molecule has 110 valence electrons. The average Bonchev–Trinajstić information content (AvgIpc) is 2.48. The predicted octanol–water partition coefficient (Wildman–Crippen LogP) is 2.67. The summed E-state index contributed by atoms with van der Waals surface area (Å²) in [6, 6.07) is 13.0. The van der Waals surface area contributed by atoms with Gasteiger partial charge >= 0.3 is 0 Å². The largest absolute Gasteiger partial charge is 0.298 e. The lowest BCUT2D eigenvalue weighted by atomic mass is 10.1. The van der Waals surface area contributed by atoms with Gasteiger partial charge < -0.3 is 0 Å². The van der Waals surface area contributed by atoms with Crippen LogP contribution in [0.2, 0.25) is 5.02 Å². The smallest absolute Gasteiger partial charge is 0.240 e. The molecule has 6 heteroatoms. The van der Waals surface area contributed by atoms with Gasteiger partial charge in [0.2, 0.25) is 10.0 Å². The van der Waals surface area contributed by atoms with Crippen molar-refractivity contribution in [3.8, 4) is 0 Å². The maximum atomic E-state index is 12.0. The van der Waals surface area contributed by atoms with Gasteiger partial charge in [-0.3, -0.25) is 4.79 Å². The maximum Gasteiger partial charge on any atom is 0.240 e. The number of aldehydes is 1. The quantitative estimate of drug-likeness (QED) is 0.831. The van der Waals surface area contributed by atoms with E-state index in [0.29, 0.717) is 17.0 Å². The first-order chi connectivity index (χ1) is 10.0. The fraction of sp³-hybridized carbons (Fsp3) is 0.133. The summed E-state index contributed by atoms with van der Waals surface area (Å²) in [5.41, 5.74) is 1.56. The van der Waals surface area contributed by atoms with Gasteiger partial charge in [0, 0.05) is 17.1 Å². The van der Waals surface area contributed by atoms with E-state index in [9.17, 15) is 13.2 Å². The molecule has 0 saturated heterocycles. The molecule has 0 bridgehead atoms. The van der Waals surface area contributed by atoms with Crippen molar-refractivity contribution >= 4 is 27.9 Å². The Balaban J connectivity index is 1.95. The Hall–Kier alpha value is -1.69. The molecule has 0 aliphatic rings. The number of hydrogen-bond acceptors (Lipinski definition) is 3. The molecule has 0 heterocycles. The Morgan fingerprint density at radius 1 is 1.00 bits per heavy atom. The first-order valence-electron chi connectivity index (χ1n) is 6.30. The van der Waals surface area contributed by atoms with E-state index in [2.05, 4.69) is 4.72 Å². The molecule has 0 amide bonds. The molecule has 0 aliphatic carbocycles. The molecule has 0 fully saturated rings. The summed E-state index contributed by atoms with van der Waals surface area (Å²) in [4.78, 5) is 10.7.